The average Bonchev–Trinajstić information content (AvgIpc) is 2.34. The Kier molecular flexibility index (Phi) is 1.03. The van der Waals surface area contributed by atoms with Crippen LogP contribution < -0.4 is 10.6 Å². The van der Waals surface area contributed by atoms with E-state index in [2.05, 4.69) is 33.8 Å². The lowest BCUT2D eigenvalue weighted by atomic mass is 10.3. The Hall–Kier alpha value is -1.71. The summed E-state index contributed by atoms with van der Waals surface area (Å²) in [5.41, 5.74) is 1.68. The molecule has 1 aromatic rings. The number of aromatic nitrogens is 2. The molecule has 2 heterocycles. The molecule has 1 aliphatic rings. The van der Waals surface area contributed by atoms with E-state index in [0.717, 1.165) is 17.2 Å². The van der Waals surface area contributed by atoms with Crippen molar-refractivity contribution in [1.82, 2.24) is 15.3 Å². The fourth-order valence-corrected chi connectivity index (χ4v) is 1.04. The third-order valence-corrected chi connectivity index (χ3v) is 1.51. The van der Waals surface area contributed by atoms with Crippen molar-refractivity contribution in [2.45, 2.75) is 0 Å². The molecule has 0 aromatic carbocycles. The van der Waals surface area contributed by atoms with Gasteiger partial charge in [-0.05, 0) is 0 Å². The van der Waals surface area contributed by atoms with E-state index in [9.17, 15) is 0 Å². The summed E-state index contributed by atoms with van der Waals surface area (Å²) in [6.07, 6.45) is 1.61. The van der Waals surface area contributed by atoms with Crippen LogP contribution in [0.25, 0.3) is 5.70 Å². The first-order valence-electron chi connectivity index (χ1n) is 3.23. The maximum Gasteiger partial charge on any atom is 0.159 e. The number of nitrogens with zero attached hydrogens (tertiary/aromatic N) is 1. The molecule has 0 saturated carbocycles. The number of hydrogen-bond acceptors (Lipinski definition) is 3. The molecule has 0 saturated heterocycles. The Balaban J connectivity index is 2.52. The molecule has 0 amide bonds. The van der Waals surface area contributed by atoms with Crippen LogP contribution in [0.3, 0.4) is 0 Å². The van der Waals surface area contributed by atoms with Gasteiger partial charge in [0.2, 0.25) is 0 Å². The predicted octanol–water partition coefficient (Wildman–Crippen LogP) is 0.867. The molecule has 0 spiro atoms. The normalized spacial score (nSPS) is 15.3. The zero-order valence-corrected chi connectivity index (χ0v) is 5.94. The predicted molar refractivity (Wildman–Crippen MR) is 43.5 cm³/mol. The monoisotopic (exact) mass is 148 g/mol. The molecule has 11 heavy (non-hydrogen) atoms. The van der Waals surface area contributed by atoms with E-state index in [1.54, 1.807) is 6.33 Å². The minimum Gasteiger partial charge on any atom is -0.342 e. The second kappa shape index (κ2) is 1.88. The van der Waals surface area contributed by atoms with Crippen LogP contribution in [-0.2, 0) is 0 Å². The first kappa shape index (κ1) is 6.03. The lowest BCUT2D eigenvalue weighted by Crippen LogP contribution is -2.22. The number of hydrogen-bond donors (Lipinski definition) is 3. The van der Waals surface area contributed by atoms with Gasteiger partial charge < -0.3 is 15.6 Å². The molecule has 2 rings (SSSR count). The zero-order valence-electron chi connectivity index (χ0n) is 5.94. The van der Waals surface area contributed by atoms with E-state index in [1.165, 1.54) is 0 Å². The van der Waals surface area contributed by atoms with Gasteiger partial charge in [0, 0.05) is 0 Å². The van der Waals surface area contributed by atoms with Gasteiger partial charge in [-0.1, -0.05) is 13.2 Å². The molecular formula is C7H8N4. The molecule has 0 aliphatic carbocycles. The molecule has 0 unspecified atom stereocenters. The van der Waals surface area contributed by atoms with Gasteiger partial charge in [-0.15, -0.1) is 0 Å². The number of fused-ring (bicyclic) bond motifs is 1. The maximum absolute atomic E-state index is 4.03. The highest BCUT2D eigenvalue weighted by Gasteiger charge is 2.14. The molecule has 3 N–H and O–H groups in total. The number of H-pyrrole nitrogens is 1. The fourth-order valence-electron chi connectivity index (χ4n) is 1.04. The molecule has 4 heteroatoms. The Morgan fingerprint density at radius 1 is 1.27 bits per heavy atom. The highest BCUT2D eigenvalue weighted by atomic mass is 15.2. The summed E-state index contributed by atoms with van der Waals surface area (Å²) in [7, 11) is 0. The molecule has 0 bridgehead atoms. The van der Waals surface area contributed by atoms with Crippen LogP contribution in [-0.4, -0.2) is 9.97 Å². The quantitative estimate of drug-likeness (QED) is 0.511. The van der Waals surface area contributed by atoms with Gasteiger partial charge >= 0.3 is 0 Å². The van der Waals surface area contributed by atoms with Crippen molar-refractivity contribution in [3.63, 3.8) is 0 Å². The van der Waals surface area contributed by atoms with Gasteiger partial charge in [0.05, 0.1) is 12.0 Å². The van der Waals surface area contributed by atoms with E-state index in [1.807, 2.05) is 0 Å². The molecule has 0 fully saturated rings. The molecule has 0 atom stereocenters. The van der Waals surface area contributed by atoms with Crippen molar-refractivity contribution in [1.29, 1.82) is 0 Å². The van der Waals surface area contributed by atoms with Crippen molar-refractivity contribution in [3.8, 4) is 0 Å². The largest absolute Gasteiger partial charge is 0.342 e. The van der Waals surface area contributed by atoms with Crippen molar-refractivity contribution >= 4 is 11.5 Å². The van der Waals surface area contributed by atoms with Gasteiger partial charge in [0.15, 0.2) is 5.82 Å². The summed E-state index contributed by atoms with van der Waals surface area (Å²) >= 11 is 0. The highest BCUT2D eigenvalue weighted by Crippen LogP contribution is 2.21. The number of rotatable bonds is 0. The minimum atomic E-state index is 0.703. The number of anilines is 1. The standard InChI is InChI=1S/C7H8N4/c1-4-6-7(9-3-8-6)11-5(2)10-4/h3,10-11H,1-2H2,(H,8,9). The number of nitrogens with one attached hydrogen (secondary N) is 3. The Bertz CT molecular complexity index is 323. The molecule has 1 aromatic heterocycles. The Morgan fingerprint density at radius 3 is 2.91 bits per heavy atom. The first-order chi connectivity index (χ1) is 5.27. The zero-order chi connectivity index (χ0) is 7.84. The van der Waals surface area contributed by atoms with Crippen LogP contribution in [0.4, 0.5) is 5.82 Å². The van der Waals surface area contributed by atoms with Crippen LogP contribution in [0.15, 0.2) is 25.3 Å². The number of imidazole rings is 1. The van der Waals surface area contributed by atoms with E-state index in [4.69, 9.17) is 0 Å². The van der Waals surface area contributed by atoms with Gasteiger partial charge in [-0.3, -0.25) is 0 Å². The average molecular weight is 148 g/mol. The second-order valence-electron chi connectivity index (χ2n) is 2.33. The van der Waals surface area contributed by atoms with Gasteiger partial charge in [-0.25, -0.2) is 4.98 Å². The van der Waals surface area contributed by atoms with Gasteiger partial charge in [-0.2, -0.15) is 0 Å². The minimum absolute atomic E-state index is 0.703. The summed E-state index contributed by atoms with van der Waals surface area (Å²) in [5.74, 6) is 1.48. The van der Waals surface area contributed by atoms with E-state index in [-0.39, 0.29) is 0 Å². The summed E-state index contributed by atoms with van der Waals surface area (Å²) in [6.45, 7) is 7.50. The van der Waals surface area contributed by atoms with Gasteiger partial charge in [0.25, 0.3) is 0 Å². The highest BCUT2D eigenvalue weighted by molar-refractivity contribution is 5.74. The Labute approximate surface area is 64.0 Å². The van der Waals surface area contributed by atoms with Crippen LogP contribution in [0.5, 0.6) is 0 Å². The molecule has 56 valence electrons. The van der Waals surface area contributed by atoms with Crippen molar-refractivity contribution < 1.29 is 0 Å². The van der Waals surface area contributed by atoms with Crippen LogP contribution >= 0.6 is 0 Å². The van der Waals surface area contributed by atoms with Crippen molar-refractivity contribution in [2.24, 2.45) is 0 Å². The molecule has 1 aliphatic heterocycles. The van der Waals surface area contributed by atoms with Crippen molar-refractivity contribution in [3.05, 3.63) is 31.0 Å². The first-order valence-corrected chi connectivity index (χ1v) is 3.23. The Morgan fingerprint density at radius 2 is 2.09 bits per heavy atom. The third kappa shape index (κ3) is 0.797. The SMILES string of the molecule is C=C1NC(=C)c2[nH]cnc2N1. The molecule has 0 radical (unpaired) electrons. The lowest BCUT2D eigenvalue weighted by molar-refractivity contribution is 1.05. The molecular weight excluding hydrogens is 140 g/mol. The van der Waals surface area contributed by atoms with E-state index in [0.29, 0.717) is 5.82 Å². The summed E-state index contributed by atoms with van der Waals surface area (Å²) in [6, 6.07) is 0. The third-order valence-electron chi connectivity index (χ3n) is 1.51. The number of aromatic amines is 1. The van der Waals surface area contributed by atoms with Crippen molar-refractivity contribution in [2.75, 3.05) is 5.32 Å². The lowest BCUT2D eigenvalue weighted by Gasteiger charge is -2.18. The van der Waals surface area contributed by atoms with Crippen LogP contribution in [0.2, 0.25) is 0 Å². The summed E-state index contributed by atoms with van der Waals surface area (Å²) in [4.78, 5) is 6.98. The van der Waals surface area contributed by atoms with Crippen LogP contribution in [0.1, 0.15) is 5.69 Å². The molecule has 4 nitrogen and oxygen atoms in total. The maximum atomic E-state index is 4.03. The van der Waals surface area contributed by atoms with Gasteiger partial charge in [0.1, 0.15) is 11.5 Å². The second-order valence-corrected chi connectivity index (χ2v) is 2.33. The van der Waals surface area contributed by atoms with Crippen LogP contribution in [0, 0.1) is 0 Å². The topological polar surface area (TPSA) is 52.7 Å². The summed E-state index contributed by atoms with van der Waals surface area (Å²) < 4.78 is 0. The van der Waals surface area contributed by atoms with E-state index < -0.39 is 0 Å². The smallest absolute Gasteiger partial charge is 0.159 e. The van der Waals surface area contributed by atoms with E-state index >= 15 is 0 Å². The summed E-state index contributed by atoms with van der Waals surface area (Å²) in [5, 5.41) is 5.91. The fraction of sp³-hybridized carbons (Fsp3) is 0.